The Morgan fingerprint density at radius 2 is 1.00 bits per heavy atom. The van der Waals surface area contributed by atoms with Gasteiger partial charge in [0.1, 0.15) is 0 Å². The fourth-order valence-electron chi connectivity index (χ4n) is 0. The van der Waals surface area contributed by atoms with E-state index in [1.165, 1.54) is 0 Å². The Morgan fingerprint density at radius 1 is 1.00 bits per heavy atom. The molecular weight excluding hydrogens is 219 g/mol. The molecule has 8 heavy (non-hydrogen) atoms. The second-order valence-electron chi connectivity index (χ2n) is 0.448. The molecule has 0 radical (unpaired) electrons. The van der Waals surface area contributed by atoms with E-state index in [-0.39, 0.29) is 26.2 Å². The van der Waals surface area contributed by atoms with E-state index in [0.29, 0.717) is 0 Å². The molecule has 8 heteroatoms. The zero-order chi connectivity index (χ0) is 6.50. The van der Waals surface area contributed by atoms with E-state index in [1.807, 2.05) is 0 Å². The first-order chi connectivity index (χ1) is 3.00. The predicted octanol–water partition coefficient (Wildman–Crippen LogP) is -0.588. The third-order valence-corrected chi connectivity index (χ3v) is 0. The predicted molar refractivity (Wildman–Crippen MR) is 20.9 cm³/mol. The van der Waals surface area contributed by atoms with Gasteiger partial charge in [-0.1, -0.05) is 0 Å². The molecule has 0 aromatic carbocycles. The standard InChI is InChI=1S/H2O4S.O2.Zr/c1-5(2,3)4;1-2;/h(H2,1,2,3,4);;. The molecule has 0 aromatic heterocycles. The number of hydrogen-bond donors (Lipinski definition) is 2. The summed E-state index contributed by atoms with van der Waals surface area (Å²) in [6, 6.07) is 0. The van der Waals surface area contributed by atoms with Crippen LogP contribution in [0.5, 0.6) is 0 Å². The molecule has 0 spiro atoms. The molecule has 0 aliphatic carbocycles. The summed E-state index contributed by atoms with van der Waals surface area (Å²) in [6.07, 6.45) is 0. The van der Waals surface area contributed by atoms with Crippen LogP contribution in [-0.4, -0.2) is 17.5 Å². The van der Waals surface area contributed by atoms with Crippen molar-refractivity contribution in [1.82, 2.24) is 0 Å². The van der Waals surface area contributed by atoms with Gasteiger partial charge in [0.25, 0.3) is 0 Å². The molecule has 0 aromatic rings. The van der Waals surface area contributed by atoms with E-state index in [1.54, 1.807) is 0 Å². The van der Waals surface area contributed by atoms with Gasteiger partial charge in [-0.15, -0.1) is 0 Å². The van der Waals surface area contributed by atoms with E-state index in [9.17, 15) is 0 Å². The normalized spacial score (nSPS) is 7.75. The molecule has 0 rings (SSSR count). The summed E-state index contributed by atoms with van der Waals surface area (Å²) in [5, 5.41) is 0. The van der Waals surface area contributed by atoms with Gasteiger partial charge in [-0.05, 0) is 0 Å². The summed E-state index contributed by atoms with van der Waals surface area (Å²) in [6.45, 7) is 0. The molecule has 0 aliphatic rings. The van der Waals surface area contributed by atoms with Crippen LogP contribution in [0.2, 0.25) is 0 Å². The van der Waals surface area contributed by atoms with Crippen molar-refractivity contribution in [2.45, 2.75) is 0 Å². The quantitative estimate of drug-likeness (QED) is 0.529. The van der Waals surface area contributed by atoms with Gasteiger partial charge in [0.05, 0.1) is 0 Å². The minimum atomic E-state index is -4.67. The third-order valence-electron chi connectivity index (χ3n) is 0. The van der Waals surface area contributed by atoms with Gasteiger partial charge < -0.3 is 0 Å². The molecule has 2 N–H and O–H groups in total. The van der Waals surface area contributed by atoms with Crippen LogP contribution in [0.15, 0.2) is 0 Å². The molecule has 0 aliphatic heterocycles. The van der Waals surface area contributed by atoms with Crippen LogP contribution in [0.1, 0.15) is 0 Å². The second kappa shape index (κ2) is 7.35. The SMILES string of the molecule is O=O.O=S(=O)(O)O.[Zr]. The number of hydrogen-bond acceptors (Lipinski definition) is 4. The van der Waals surface area contributed by atoms with Crippen LogP contribution in [0.4, 0.5) is 0 Å². The van der Waals surface area contributed by atoms with E-state index < -0.39 is 10.4 Å². The van der Waals surface area contributed by atoms with Gasteiger partial charge in [0.15, 0.2) is 0 Å². The molecule has 0 heterocycles. The van der Waals surface area contributed by atoms with Gasteiger partial charge in [0.2, 0.25) is 0 Å². The fraction of sp³-hybridized carbons (Fsp3) is 0. The van der Waals surface area contributed by atoms with E-state index in [0.717, 1.165) is 0 Å². The zero-order valence-corrected chi connectivity index (χ0v) is 6.71. The van der Waals surface area contributed by atoms with Crippen LogP contribution in [-0.2, 0) is 36.6 Å². The molecule has 0 bridgehead atoms. The van der Waals surface area contributed by atoms with Gasteiger partial charge in [-0.25, -0.2) is 0 Å². The molecule has 0 saturated carbocycles. The smallest absolute Gasteiger partial charge is 0.264 e. The second-order valence-corrected chi connectivity index (χ2v) is 1.34. The summed E-state index contributed by atoms with van der Waals surface area (Å²) >= 11 is 0. The summed E-state index contributed by atoms with van der Waals surface area (Å²) in [4.78, 5) is 14.0. The van der Waals surface area contributed by atoms with Gasteiger partial charge >= 0.3 is 10.4 Å². The fourth-order valence-corrected chi connectivity index (χ4v) is 0. The van der Waals surface area contributed by atoms with E-state index in [4.69, 9.17) is 27.5 Å². The van der Waals surface area contributed by atoms with Crippen molar-refractivity contribution in [2.24, 2.45) is 0 Å². The molecule has 6 nitrogen and oxygen atoms in total. The molecule has 0 fully saturated rings. The molecule has 0 amide bonds. The van der Waals surface area contributed by atoms with E-state index >= 15 is 0 Å². The summed E-state index contributed by atoms with van der Waals surface area (Å²) < 4.78 is 31.6. The average molecular weight is 221 g/mol. The largest absolute Gasteiger partial charge is 0.394 e. The summed E-state index contributed by atoms with van der Waals surface area (Å²) in [7, 11) is -4.67. The average Bonchev–Trinajstić information content (AvgIpc) is 1.36. The van der Waals surface area contributed by atoms with Gasteiger partial charge in [0, 0.05) is 36.1 Å². The Kier molecular flexibility index (Phi) is 14.5. The van der Waals surface area contributed by atoms with Crippen molar-refractivity contribution in [3.63, 3.8) is 0 Å². The van der Waals surface area contributed by atoms with Crippen LogP contribution in [0, 0.1) is 9.93 Å². The van der Waals surface area contributed by atoms with Crippen molar-refractivity contribution in [3.05, 3.63) is 9.93 Å². The van der Waals surface area contributed by atoms with Crippen LogP contribution in [0.25, 0.3) is 0 Å². The van der Waals surface area contributed by atoms with Crippen LogP contribution in [0.3, 0.4) is 0 Å². The molecule has 0 unspecified atom stereocenters. The monoisotopic (exact) mass is 220 g/mol. The minimum absolute atomic E-state index is 0. The van der Waals surface area contributed by atoms with Crippen molar-refractivity contribution in [2.75, 3.05) is 0 Å². The minimum Gasteiger partial charge on any atom is -0.264 e. The molecular formula is H2O6SZr. The Labute approximate surface area is 64.2 Å². The van der Waals surface area contributed by atoms with Crippen LogP contribution < -0.4 is 0 Å². The third kappa shape index (κ3) is 1460. The first-order valence-corrected chi connectivity index (χ1v) is 2.26. The van der Waals surface area contributed by atoms with Crippen molar-refractivity contribution < 1.29 is 43.7 Å². The Morgan fingerprint density at radius 3 is 1.00 bits per heavy atom. The summed E-state index contributed by atoms with van der Waals surface area (Å²) in [5.74, 6) is 0. The van der Waals surface area contributed by atoms with Gasteiger partial charge in [-0.2, -0.15) is 8.42 Å². The van der Waals surface area contributed by atoms with Crippen molar-refractivity contribution >= 4 is 10.4 Å². The topological polar surface area (TPSA) is 109 Å². The first-order valence-electron chi connectivity index (χ1n) is 0.865. The van der Waals surface area contributed by atoms with Gasteiger partial charge in [-0.3, -0.25) is 9.11 Å². The Bertz CT molecular complexity index is 102. The zero-order valence-electron chi connectivity index (χ0n) is 3.44. The molecule has 48 valence electrons. The van der Waals surface area contributed by atoms with Crippen molar-refractivity contribution in [1.29, 1.82) is 0 Å². The number of rotatable bonds is 0. The maximum absolute atomic E-state index is 8.74. The molecule has 0 saturated heterocycles. The maximum Gasteiger partial charge on any atom is 0.394 e. The maximum atomic E-state index is 8.74. The summed E-state index contributed by atoms with van der Waals surface area (Å²) in [5.41, 5.74) is 0. The van der Waals surface area contributed by atoms with Crippen LogP contribution >= 0.6 is 0 Å². The first kappa shape index (κ1) is 15.8. The van der Waals surface area contributed by atoms with E-state index in [2.05, 4.69) is 0 Å². The Hall–Kier alpha value is 0.353. The van der Waals surface area contributed by atoms with Crippen molar-refractivity contribution in [3.8, 4) is 0 Å². The molecule has 0 atom stereocenters. The Balaban J connectivity index is -0.0000000750.